The number of para-hydroxylation sites is 1. The third-order valence-corrected chi connectivity index (χ3v) is 6.45. The van der Waals surface area contributed by atoms with Gasteiger partial charge >= 0.3 is 0 Å². The third-order valence-electron chi connectivity index (χ3n) is 6.20. The minimum absolute atomic E-state index is 0.307. The van der Waals surface area contributed by atoms with Gasteiger partial charge in [0.2, 0.25) is 0 Å². The van der Waals surface area contributed by atoms with E-state index >= 15 is 0 Å². The lowest BCUT2D eigenvalue weighted by Crippen LogP contribution is -2.25. The summed E-state index contributed by atoms with van der Waals surface area (Å²) in [6.45, 7) is 0.410. The van der Waals surface area contributed by atoms with Crippen LogP contribution in [0.4, 0.5) is 0 Å². The summed E-state index contributed by atoms with van der Waals surface area (Å²) in [5, 5.41) is 15.0. The Labute approximate surface area is 229 Å². The second-order valence-electron chi connectivity index (χ2n) is 8.70. The lowest BCUT2D eigenvalue weighted by atomic mass is 9.93. The van der Waals surface area contributed by atoms with Crippen LogP contribution in [-0.2, 0) is 11.3 Å². The van der Waals surface area contributed by atoms with Crippen LogP contribution in [0.5, 0.6) is 5.75 Å². The fraction of sp³-hybridized carbons (Fsp3) is 0.0323. The van der Waals surface area contributed by atoms with E-state index in [1.165, 1.54) is 6.33 Å². The molecule has 190 valence electrons. The normalized spacial score (nSPS) is 16.1. The van der Waals surface area contributed by atoms with E-state index in [9.17, 15) is 5.21 Å². The maximum Gasteiger partial charge on any atom is 0.188 e. The summed E-state index contributed by atoms with van der Waals surface area (Å²) >= 11 is 5.98. The van der Waals surface area contributed by atoms with Gasteiger partial charge in [-0.2, -0.15) is 0 Å². The lowest BCUT2D eigenvalue weighted by Gasteiger charge is -2.27. The molecule has 0 amide bonds. The third kappa shape index (κ3) is 5.08. The molecule has 8 heteroatoms. The number of halogens is 1. The van der Waals surface area contributed by atoms with Crippen LogP contribution in [0.2, 0.25) is 5.02 Å². The fourth-order valence-corrected chi connectivity index (χ4v) is 4.40. The molecule has 1 fully saturated rings. The first-order chi connectivity index (χ1) is 19.2. The van der Waals surface area contributed by atoms with Crippen LogP contribution >= 0.6 is 11.6 Å². The number of hydrogen-bond acceptors (Lipinski definition) is 7. The minimum atomic E-state index is 0.307. The minimum Gasteiger partial charge on any atom is -0.489 e. The Morgan fingerprint density at radius 3 is 2.46 bits per heavy atom. The van der Waals surface area contributed by atoms with E-state index < -0.39 is 0 Å². The van der Waals surface area contributed by atoms with Crippen molar-refractivity contribution in [3.8, 4) is 5.75 Å². The van der Waals surface area contributed by atoms with Crippen LogP contribution in [0.3, 0.4) is 0 Å². The maximum atomic E-state index is 9.95. The van der Waals surface area contributed by atoms with Crippen LogP contribution in [0.15, 0.2) is 120 Å². The largest absolute Gasteiger partial charge is 0.489 e. The van der Waals surface area contributed by atoms with Crippen molar-refractivity contribution in [1.82, 2.24) is 15.0 Å². The fourth-order valence-electron chi connectivity index (χ4n) is 4.27. The highest BCUT2D eigenvalue weighted by atomic mass is 35.5. The number of nitrogens with zero attached hydrogens (tertiary/aromatic N) is 4. The summed E-state index contributed by atoms with van der Waals surface area (Å²) in [5.74, 6) is 1.51. The van der Waals surface area contributed by atoms with Gasteiger partial charge in [-0.25, -0.2) is 9.97 Å². The monoisotopic (exact) mass is 532 g/mol. The van der Waals surface area contributed by atoms with Gasteiger partial charge in [0.1, 0.15) is 18.7 Å². The van der Waals surface area contributed by atoms with Crippen molar-refractivity contribution >= 4 is 39.9 Å². The van der Waals surface area contributed by atoms with E-state index in [4.69, 9.17) is 21.1 Å². The number of hydrogen-bond donors (Lipinski definition) is 1. The molecule has 0 unspecified atom stereocenters. The highest BCUT2D eigenvalue weighted by Gasteiger charge is 2.35. The summed E-state index contributed by atoms with van der Waals surface area (Å²) in [6, 6.07) is 28.4. The van der Waals surface area contributed by atoms with Gasteiger partial charge in [-0.1, -0.05) is 65.3 Å². The molecule has 0 aliphatic carbocycles. The quantitative estimate of drug-likeness (QED) is 0.189. The number of benzene rings is 3. The van der Waals surface area contributed by atoms with Crippen molar-refractivity contribution in [2.24, 2.45) is 5.16 Å². The molecule has 2 aromatic heterocycles. The van der Waals surface area contributed by atoms with E-state index in [1.54, 1.807) is 12.3 Å². The van der Waals surface area contributed by atoms with E-state index in [0.29, 0.717) is 51.6 Å². The smallest absolute Gasteiger partial charge is 0.188 e. The summed E-state index contributed by atoms with van der Waals surface area (Å²) < 4.78 is 12.1. The molecule has 0 radical (unpaired) electrons. The first-order valence-corrected chi connectivity index (χ1v) is 12.5. The number of oxime groups is 1. The van der Waals surface area contributed by atoms with Gasteiger partial charge in [-0.15, -0.1) is 0 Å². The molecule has 0 saturated carbocycles. The predicted molar refractivity (Wildman–Crippen MR) is 150 cm³/mol. The van der Waals surface area contributed by atoms with E-state index in [2.05, 4.69) is 20.1 Å². The second kappa shape index (κ2) is 10.8. The molecule has 7 nitrogen and oxygen atoms in total. The molecule has 0 spiro atoms. The summed E-state index contributed by atoms with van der Waals surface area (Å²) in [7, 11) is 0. The Kier molecular flexibility index (Phi) is 6.72. The van der Waals surface area contributed by atoms with Crippen LogP contribution in [0.25, 0.3) is 22.6 Å². The molecule has 0 bridgehead atoms. The molecule has 1 N–H and O–H groups in total. The van der Waals surface area contributed by atoms with E-state index in [1.807, 2.05) is 91.0 Å². The van der Waals surface area contributed by atoms with Crippen molar-refractivity contribution in [2.75, 3.05) is 0 Å². The highest BCUT2D eigenvalue weighted by molar-refractivity contribution is 6.30. The van der Waals surface area contributed by atoms with Crippen molar-refractivity contribution in [3.63, 3.8) is 0 Å². The Balaban J connectivity index is 1.39. The number of aromatic nitrogens is 3. The molecule has 0 atom stereocenters. The van der Waals surface area contributed by atoms with Crippen molar-refractivity contribution in [3.05, 3.63) is 143 Å². The van der Waals surface area contributed by atoms with Crippen LogP contribution < -0.4 is 4.74 Å². The zero-order valence-corrected chi connectivity index (χ0v) is 21.3. The number of ether oxygens (including phenoxy) is 2. The van der Waals surface area contributed by atoms with E-state index in [-0.39, 0.29) is 0 Å². The zero-order valence-electron chi connectivity index (χ0n) is 20.5. The highest BCUT2D eigenvalue weighted by Crippen LogP contribution is 2.39. The average Bonchev–Trinajstić information content (AvgIpc) is 2.97. The van der Waals surface area contributed by atoms with Crippen molar-refractivity contribution in [2.45, 2.75) is 6.61 Å². The van der Waals surface area contributed by atoms with Crippen LogP contribution in [0.1, 0.15) is 22.5 Å². The molecule has 5 aromatic rings. The number of fused-ring (bicyclic) bond motifs is 1. The molecule has 1 aliphatic heterocycles. The van der Waals surface area contributed by atoms with Crippen LogP contribution in [-0.4, -0.2) is 25.9 Å². The number of rotatable bonds is 6. The molecular formula is C31H21ClN4O3. The standard InChI is InChI=1S/C31H21ClN4O3/c32-22-12-8-20(9-13-22)18-38-24-14-10-21(11-15-24)28(29-25-6-1-2-7-26(25)34-19-35-29)31-30(36-37)27(39-31)17-23-5-3-4-16-33-23/h1-17,19,37H,18H2/b27-17-,31-28-,36-30+. The topological polar surface area (TPSA) is 89.7 Å². The molecule has 3 heterocycles. The van der Waals surface area contributed by atoms with Gasteiger partial charge in [0, 0.05) is 22.7 Å². The van der Waals surface area contributed by atoms with Gasteiger partial charge in [-0.05, 0) is 53.6 Å². The first kappa shape index (κ1) is 24.3. The Morgan fingerprint density at radius 1 is 0.897 bits per heavy atom. The predicted octanol–water partition coefficient (Wildman–Crippen LogP) is 6.92. The summed E-state index contributed by atoms with van der Waals surface area (Å²) in [5.41, 5.74) is 4.93. The van der Waals surface area contributed by atoms with Crippen LogP contribution in [0, 0.1) is 0 Å². The first-order valence-electron chi connectivity index (χ1n) is 12.1. The molecular weight excluding hydrogens is 512 g/mol. The molecule has 3 aromatic carbocycles. The maximum absolute atomic E-state index is 9.95. The number of pyridine rings is 1. The Hall–Kier alpha value is -5.01. The Morgan fingerprint density at radius 2 is 1.69 bits per heavy atom. The molecule has 39 heavy (non-hydrogen) atoms. The molecule has 1 aliphatic rings. The van der Waals surface area contributed by atoms with Crippen molar-refractivity contribution in [1.29, 1.82) is 0 Å². The SMILES string of the molecule is O/N=C1C(=C\c2ccccn2)\OC\1=C(\c1ccc(OCc2ccc(Cl)cc2)cc1)c1ncnc2ccccc12. The molecule has 6 rings (SSSR count). The second-order valence-corrected chi connectivity index (χ2v) is 9.13. The van der Waals surface area contributed by atoms with Gasteiger partial charge < -0.3 is 14.7 Å². The van der Waals surface area contributed by atoms with E-state index in [0.717, 1.165) is 22.0 Å². The summed E-state index contributed by atoms with van der Waals surface area (Å²) in [4.78, 5) is 13.3. The summed E-state index contributed by atoms with van der Waals surface area (Å²) in [6.07, 6.45) is 4.93. The van der Waals surface area contributed by atoms with Gasteiger partial charge in [0.05, 0.1) is 22.5 Å². The van der Waals surface area contributed by atoms with Crippen molar-refractivity contribution < 1.29 is 14.7 Å². The molecule has 1 saturated heterocycles. The van der Waals surface area contributed by atoms with Gasteiger partial charge in [0.25, 0.3) is 0 Å². The Bertz CT molecular complexity index is 1730. The average molecular weight is 533 g/mol. The lowest BCUT2D eigenvalue weighted by molar-refractivity contribution is 0.276. The zero-order chi connectivity index (χ0) is 26.6. The van der Waals surface area contributed by atoms with Gasteiger partial charge in [0.15, 0.2) is 17.2 Å². The van der Waals surface area contributed by atoms with Gasteiger partial charge in [-0.3, -0.25) is 4.98 Å².